The summed E-state index contributed by atoms with van der Waals surface area (Å²) in [6.45, 7) is 0. The van der Waals surface area contributed by atoms with Crippen LogP contribution in [-0.2, 0) is 12.8 Å². The number of alkyl halides is 20. The topological polar surface area (TPSA) is 0 Å². The Morgan fingerprint density at radius 1 is 0.408 bits per heavy atom. The van der Waals surface area contributed by atoms with Gasteiger partial charge in [-0.15, -0.1) is 0 Å². The number of hydrogen-bond acceptors (Lipinski definition) is 0. The molecule has 1 unspecified atom stereocenters. The maximum atomic E-state index is 13.8. The molecule has 0 nitrogen and oxygen atoms in total. The van der Waals surface area contributed by atoms with Gasteiger partial charge >= 0.3 is 48.1 Å². The number of rotatable bonds is 10. The summed E-state index contributed by atoms with van der Waals surface area (Å²) in [5.74, 6) is -34.4. The quantitative estimate of drug-likeness (QED) is 0.164. The van der Waals surface area contributed by atoms with Crippen LogP contribution in [0.15, 0.2) is 80.0 Å². The molecule has 2 aromatic carbocycles. The highest BCUT2D eigenvalue weighted by atomic mass is 127. The Balaban J connectivity index is 0.000000494. The fraction of sp³-hybridized carbons (Fsp3) is 0.407. The van der Waals surface area contributed by atoms with E-state index in [1.165, 1.54) is 54.6 Å². The molecule has 0 radical (unpaired) electrons. The Morgan fingerprint density at radius 2 is 0.735 bits per heavy atom. The van der Waals surface area contributed by atoms with E-state index in [9.17, 15) is 87.8 Å². The van der Waals surface area contributed by atoms with Gasteiger partial charge in [-0.2, -0.15) is 83.4 Å². The van der Waals surface area contributed by atoms with Crippen molar-refractivity contribution in [3.63, 3.8) is 0 Å². The van der Waals surface area contributed by atoms with Crippen molar-refractivity contribution < 1.29 is 87.8 Å². The molecule has 0 aliphatic rings. The summed E-state index contributed by atoms with van der Waals surface area (Å²) in [5.41, 5.74) is -5.24. The fourth-order valence-corrected chi connectivity index (χ4v) is 5.03. The molecule has 0 fully saturated rings. The number of benzene rings is 2. The van der Waals surface area contributed by atoms with Crippen molar-refractivity contribution in [2.45, 2.75) is 66.7 Å². The summed E-state index contributed by atoms with van der Waals surface area (Å²) in [5, 5.41) is 0. The van der Waals surface area contributed by atoms with Crippen molar-refractivity contribution in [1.29, 1.82) is 0 Å². The molecule has 1 atom stereocenters. The van der Waals surface area contributed by atoms with Crippen LogP contribution in [0.25, 0.3) is 0 Å². The number of hydrogen-bond donors (Lipinski definition) is 0. The normalized spacial score (nSPS) is 16.1. The Kier molecular flexibility index (Phi) is 14.0. The minimum absolute atomic E-state index is 0.291. The van der Waals surface area contributed by atoms with Crippen molar-refractivity contribution >= 4 is 45.2 Å². The minimum Gasteiger partial charge on any atom is -0.222 e. The first-order valence-electron chi connectivity index (χ1n) is 12.3. The van der Waals surface area contributed by atoms with E-state index in [-0.39, 0.29) is 0 Å². The first-order valence-corrected chi connectivity index (χ1v) is 14.5. The van der Waals surface area contributed by atoms with Gasteiger partial charge in [0.25, 0.3) is 5.67 Å². The van der Waals surface area contributed by atoms with Gasteiger partial charge in [-0.1, -0.05) is 60.7 Å². The summed E-state index contributed by atoms with van der Waals surface area (Å²) >= 11 is 2.17. The largest absolute Gasteiger partial charge is 0.460 e. The third kappa shape index (κ3) is 9.86. The molecule has 2 aromatic rings. The van der Waals surface area contributed by atoms with Gasteiger partial charge in [0.15, 0.2) is 0 Å². The maximum Gasteiger partial charge on any atom is 0.460 e. The first-order chi connectivity index (χ1) is 21.7. The van der Waals surface area contributed by atoms with Crippen molar-refractivity contribution in [3.05, 3.63) is 91.1 Å². The van der Waals surface area contributed by atoms with Gasteiger partial charge in [-0.3, -0.25) is 0 Å². The van der Waals surface area contributed by atoms with E-state index >= 15 is 0 Å². The molecule has 0 heterocycles. The molecule has 2 rings (SSSR count). The third-order valence-corrected chi connectivity index (χ3v) is 7.30. The molecular weight excluding hydrogens is 958 g/mol. The smallest absolute Gasteiger partial charge is 0.222 e. The zero-order chi connectivity index (χ0) is 38.7. The van der Waals surface area contributed by atoms with Crippen LogP contribution in [0.2, 0.25) is 0 Å². The van der Waals surface area contributed by atoms with Gasteiger partial charge in [0, 0.05) is 18.9 Å². The van der Waals surface area contributed by atoms with E-state index in [0.29, 0.717) is 11.1 Å². The van der Waals surface area contributed by atoms with Gasteiger partial charge in [-0.05, 0) is 69.5 Å². The van der Waals surface area contributed by atoms with Gasteiger partial charge in [0.1, 0.15) is 0 Å². The molecule has 0 amide bonds. The minimum atomic E-state index is -7.39. The molecule has 22 heteroatoms. The standard InChI is InChI=1S/C14H8F11I.C13H8F9I/c15-10(16,7-9(26)6-8-4-2-1-3-5-8)11(17,18)12(19,20)13(21,22)14(23,24)25;14-10(12(17,18)19,11(15,16)13(20,21)22)7-9(23)6-8-4-2-1-3-5-8/h1-5,7H,6H2;1-5,7H,6H2. The van der Waals surface area contributed by atoms with Crippen LogP contribution in [0, 0.1) is 0 Å². The van der Waals surface area contributed by atoms with Crippen LogP contribution < -0.4 is 0 Å². The average molecular weight is 974 g/mol. The summed E-state index contributed by atoms with van der Waals surface area (Å²) < 4.78 is 255. The summed E-state index contributed by atoms with van der Waals surface area (Å²) in [6.07, 6.45) is -22.6. The predicted octanol–water partition coefficient (Wildman–Crippen LogP) is 12.7. The van der Waals surface area contributed by atoms with E-state index in [2.05, 4.69) is 0 Å². The van der Waals surface area contributed by atoms with Gasteiger partial charge in [0.05, 0.1) is 0 Å². The van der Waals surface area contributed by atoms with Crippen LogP contribution in [-0.4, -0.2) is 53.8 Å². The molecule has 0 bridgehead atoms. The van der Waals surface area contributed by atoms with E-state index in [1.807, 2.05) is 0 Å². The molecule has 0 aromatic heterocycles. The second-order valence-electron chi connectivity index (χ2n) is 9.63. The van der Waals surface area contributed by atoms with E-state index < -0.39 is 86.0 Å². The number of halogens is 22. The van der Waals surface area contributed by atoms with Gasteiger partial charge < -0.3 is 0 Å². The molecular formula is C27H16F20I2. The van der Waals surface area contributed by atoms with E-state index in [1.54, 1.807) is 6.07 Å². The van der Waals surface area contributed by atoms with Crippen molar-refractivity contribution in [3.8, 4) is 0 Å². The van der Waals surface area contributed by atoms with Gasteiger partial charge in [0.2, 0.25) is 0 Å². The third-order valence-electron chi connectivity index (χ3n) is 5.91. The second-order valence-corrected chi connectivity index (χ2v) is 12.4. The van der Waals surface area contributed by atoms with Crippen LogP contribution in [0.4, 0.5) is 87.8 Å². The Labute approximate surface area is 289 Å². The Hall–Kier alpha value is -2.02. The molecule has 49 heavy (non-hydrogen) atoms. The lowest BCUT2D eigenvalue weighted by atomic mass is 9.94. The van der Waals surface area contributed by atoms with Crippen LogP contribution in [0.1, 0.15) is 11.1 Å². The SMILES string of the molecule is FC(F)(F)C(F)(F)C(F)(C=C(I)Cc1ccccc1)C(F)(F)F.FC(F)(F)C(F)(F)C(F)(F)C(F)(F)C(F)(F)C=C(I)Cc1ccccc1. The lowest BCUT2D eigenvalue weighted by Crippen LogP contribution is -2.66. The lowest BCUT2D eigenvalue weighted by Gasteiger charge is -2.36. The van der Waals surface area contributed by atoms with Crippen LogP contribution >= 0.6 is 45.2 Å². The molecule has 0 aliphatic carbocycles. The summed E-state index contributed by atoms with van der Waals surface area (Å²) in [6, 6.07) is 14.5. The molecule has 0 aliphatic heterocycles. The zero-order valence-corrected chi connectivity index (χ0v) is 27.5. The van der Waals surface area contributed by atoms with Crippen LogP contribution in [0.5, 0.6) is 0 Å². The first kappa shape index (κ1) is 45.0. The van der Waals surface area contributed by atoms with E-state index in [0.717, 1.165) is 45.2 Å². The zero-order valence-electron chi connectivity index (χ0n) is 23.2. The highest BCUT2D eigenvalue weighted by Crippen LogP contribution is 2.58. The molecule has 0 saturated heterocycles. The highest BCUT2D eigenvalue weighted by molar-refractivity contribution is 14.1. The monoisotopic (exact) mass is 974 g/mol. The number of allylic oxidation sites excluding steroid dienone is 4. The van der Waals surface area contributed by atoms with Crippen molar-refractivity contribution in [2.75, 3.05) is 0 Å². The van der Waals surface area contributed by atoms with Crippen molar-refractivity contribution in [1.82, 2.24) is 0 Å². The Morgan fingerprint density at radius 3 is 1.04 bits per heavy atom. The van der Waals surface area contributed by atoms with E-state index in [4.69, 9.17) is 0 Å². The fourth-order valence-electron chi connectivity index (χ4n) is 3.33. The molecule has 278 valence electrons. The molecule has 0 N–H and O–H groups in total. The lowest BCUT2D eigenvalue weighted by molar-refractivity contribution is -0.416. The average Bonchev–Trinajstić information content (AvgIpc) is 2.91. The maximum absolute atomic E-state index is 13.8. The highest BCUT2D eigenvalue weighted by Gasteiger charge is 2.87. The summed E-state index contributed by atoms with van der Waals surface area (Å²) in [4.78, 5) is 0. The van der Waals surface area contributed by atoms with Crippen LogP contribution in [0.3, 0.4) is 0 Å². The van der Waals surface area contributed by atoms with Crippen molar-refractivity contribution in [2.24, 2.45) is 0 Å². The Bertz CT molecular complexity index is 1420. The predicted molar refractivity (Wildman–Crippen MR) is 151 cm³/mol. The molecule has 0 spiro atoms. The molecule has 0 saturated carbocycles. The summed E-state index contributed by atoms with van der Waals surface area (Å²) in [7, 11) is 0. The second kappa shape index (κ2) is 15.3. The van der Waals surface area contributed by atoms with Gasteiger partial charge in [-0.25, -0.2) is 4.39 Å².